The van der Waals surface area contributed by atoms with Crippen molar-refractivity contribution < 1.29 is 4.79 Å². The molecule has 1 saturated carbocycles. The van der Waals surface area contributed by atoms with E-state index in [4.69, 9.17) is 0 Å². The highest BCUT2D eigenvalue weighted by atomic mass is 32.1. The maximum Gasteiger partial charge on any atom is 0.230 e. The quantitative estimate of drug-likeness (QED) is 0.749. The Morgan fingerprint density at radius 3 is 2.38 bits per heavy atom. The highest BCUT2D eigenvalue weighted by Crippen LogP contribution is 2.32. The molecule has 0 unspecified atom stereocenters. The summed E-state index contributed by atoms with van der Waals surface area (Å²) in [5.41, 5.74) is 1.04. The molecule has 2 fully saturated rings. The first-order valence-corrected chi connectivity index (χ1v) is 10.5. The molecular formula is C21H27N3OS. The monoisotopic (exact) mass is 369 g/mol. The van der Waals surface area contributed by atoms with Crippen molar-refractivity contribution in [3.05, 3.63) is 52.7 Å². The molecule has 1 aromatic carbocycles. The molecule has 2 aliphatic rings. The van der Waals surface area contributed by atoms with Crippen LogP contribution in [0.5, 0.6) is 0 Å². The molecule has 26 heavy (non-hydrogen) atoms. The number of amides is 1. The Labute approximate surface area is 160 Å². The minimum absolute atomic E-state index is 0.262. The summed E-state index contributed by atoms with van der Waals surface area (Å²) in [7, 11) is 0. The predicted octanol–water partition coefficient (Wildman–Crippen LogP) is 3.31. The molecule has 2 heterocycles. The zero-order valence-electron chi connectivity index (χ0n) is 15.2. The van der Waals surface area contributed by atoms with Crippen LogP contribution in [0.1, 0.15) is 17.7 Å². The largest absolute Gasteiger partial charge is 0.311 e. The average molecular weight is 370 g/mol. The van der Waals surface area contributed by atoms with Gasteiger partial charge in [-0.05, 0) is 36.4 Å². The Morgan fingerprint density at radius 2 is 1.73 bits per heavy atom. The van der Waals surface area contributed by atoms with Crippen LogP contribution in [0.3, 0.4) is 0 Å². The number of thiophene rings is 1. The zero-order valence-corrected chi connectivity index (χ0v) is 16.0. The van der Waals surface area contributed by atoms with Gasteiger partial charge in [-0.25, -0.2) is 0 Å². The van der Waals surface area contributed by atoms with E-state index in [9.17, 15) is 4.79 Å². The average Bonchev–Trinajstić information content (AvgIpc) is 3.41. The fraction of sp³-hybridized carbons (Fsp3) is 0.476. The molecule has 1 aliphatic heterocycles. The van der Waals surface area contributed by atoms with Gasteiger partial charge in [-0.3, -0.25) is 14.6 Å². The minimum atomic E-state index is 0.262. The number of nitrogens with zero attached hydrogens (tertiary/aromatic N) is 3. The van der Waals surface area contributed by atoms with E-state index in [0.717, 1.165) is 64.3 Å². The SMILES string of the molecule is O=C(C1CC1)N(CCN1CCN(Cc2cccs2)CC1)c1ccccc1. The van der Waals surface area contributed by atoms with Gasteiger partial charge < -0.3 is 4.90 Å². The van der Waals surface area contributed by atoms with Crippen molar-refractivity contribution in [2.45, 2.75) is 19.4 Å². The molecule has 1 amide bonds. The van der Waals surface area contributed by atoms with Crippen molar-refractivity contribution >= 4 is 22.9 Å². The molecule has 0 radical (unpaired) electrons. The smallest absolute Gasteiger partial charge is 0.230 e. The van der Waals surface area contributed by atoms with E-state index in [-0.39, 0.29) is 5.92 Å². The van der Waals surface area contributed by atoms with E-state index in [2.05, 4.69) is 39.4 Å². The lowest BCUT2D eigenvalue weighted by Crippen LogP contribution is -2.48. The van der Waals surface area contributed by atoms with Crippen molar-refractivity contribution in [2.75, 3.05) is 44.2 Å². The van der Waals surface area contributed by atoms with Crippen LogP contribution in [0.25, 0.3) is 0 Å². The fourth-order valence-electron chi connectivity index (χ4n) is 3.56. The normalized spacial score (nSPS) is 18.8. The fourth-order valence-corrected chi connectivity index (χ4v) is 4.31. The number of anilines is 1. The van der Waals surface area contributed by atoms with Gasteiger partial charge in [0.2, 0.25) is 5.91 Å². The lowest BCUT2D eigenvalue weighted by Gasteiger charge is -2.35. The summed E-state index contributed by atoms with van der Waals surface area (Å²) in [5.74, 6) is 0.574. The van der Waals surface area contributed by atoms with Gasteiger partial charge in [0.05, 0.1) is 0 Å². The third-order valence-electron chi connectivity index (χ3n) is 5.32. The summed E-state index contributed by atoms with van der Waals surface area (Å²) in [6.45, 7) is 7.23. The molecule has 138 valence electrons. The van der Waals surface area contributed by atoms with Crippen molar-refractivity contribution in [3.63, 3.8) is 0 Å². The molecule has 4 rings (SSSR count). The summed E-state index contributed by atoms with van der Waals surface area (Å²) in [4.78, 5) is 21.2. The molecular weight excluding hydrogens is 342 g/mol. The zero-order chi connectivity index (χ0) is 17.8. The Bertz CT molecular complexity index is 691. The van der Waals surface area contributed by atoms with E-state index in [0.29, 0.717) is 5.91 Å². The standard InChI is InChI=1S/C21H27N3OS/c25-21(18-8-9-18)24(19-5-2-1-3-6-19)15-14-22-10-12-23(13-11-22)17-20-7-4-16-26-20/h1-7,16,18H,8-15,17H2. The first kappa shape index (κ1) is 17.7. The Balaban J connectivity index is 1.29. The molecule has 0 spiro atoms. The maximum absolute atomic E-state index is 12.7. The molecule has 0 N–H and O–H groups in total. The van der Waals surface area contributed by atoms with Crippen molar-refractivity contribution in [2.24, 2.45) is 5.92 Å². The van der Waals surface area contributed by atoms with Gasteiger partial charge in [0.25, 0.3) is 0 Å². The van der Waals surface area contributed by atoms with Gasteiger partial charge in [-0.15, -0.1) is 11.3 Å². The molecule has 2 aromatic rings. The number of hydrogen-bond donors (Lipinski definition) is 0. The second kappa shape index (κ2) is 8.33. The summed E-state index contributed by atoms with van der Waals surface area (Å²) in [6.07, 6.45) is 2.12. The van der Waals surface area contributed by atoms with Crippen LogP contribution in [0.15, 0.2) is 47.8 Å². The Hall–Kier alpha value is -1.69. The first-order chi connectivity index (χ1) is 12.8. The number of piperazine rings is 1. The summed E-state index contributed by atoms with van der Waals surface area (Å²) >= 11 is 1.84. The van der Waals surface area contributed by atoms with Gasteiger partial charge in [0, 0.05) is 62.3 Å². The lowest BCUT2D eigenvalue weighted by molar-refractivity contribution is -0.119. The highest BCUT2D eigenvalue weighted by molar-refractivity contribution is 7.09. The van der Waals surface area contributed by atoms with Crippen LogP contribution >= 0.6 is 11.3 Å². The Kier molecular flexibility index (Phi) is 5.68. The molecule has 0 atom stereocenters. The summed E-state index contributed by atoms with van der Waals surface area (Å²) in [5, 5.41) is 2.15. The van der Waals surface area contributed by atoms with E-state index in [1.54, 1.807) is 0 Å². The van der Waals surface area contributed by atoms with E-state index in [1.165, 1.54) is 4.88 Å². The van der Waals surface area contributed by atoms with Crippen LogP contribution in [0, 0.1) is 5.92 Å². The second-order valence-corrected chi connectivity index (χ2v) is 8.33. The number of carbonyl (C=O) groups excluding carboxylic acids is 1. The van der Waals surface area contributed by atoms with Gasteiger partial charge in [-0.1, -0.05) is 24.3 Å². The van der Waals surface area contributed by atoms with Gasteiger partial charge >= 0.3 is 0 Å². The topological polar surface area (TPSA) is 26.8 Å². The lowest BCUT2D eigenvalue weighted by atomic mass is 10.2. The van der Waals surface area contributed by atoms with E-state index >= 15 is 0 Å². The number of benzene rings is 1. The predicted molar refractivity (Wildman–Crippen MR) is 108 cm³/mol. The molecule has 1 aliphatic carbocycles. The van der Waals surface area contributed by atoms with Crippen molar-refractivity contribution in [3.8, 4) is 0 Å². The molecule has 1 saturated heterocycles. The Morgan fingerprint density at radius 1 is 1.00 bits per heavy atom. The van der Waals surface area contributed by atoms with Crippen LogP contribution < -0.4 is 4.90 Å². The number of hydrogen-bond acceptors (Lipinski definition) is 4. The third-order valence-corrected chi connectivity index (χ3v) is 6.19. The van der Waals surface area contributed by atoms with E-state index < -0.39 is 0 Å². The van der Waals surface area contributed by atoms with Crippen molar-refractivity contribution in [1.29, 1.82) is 0 Å². The third kappa shape index (κ3) is 4.53. The van der Waals surface area contributed by atoms with Gasteiger partial charge in [0.15, 0.2) is 0 Å². The van der Waals surface area contributed by atoms with Crippen LogP contribution in [0.4, 0.5) is 5.69 Å². The minimum Gasteiger partial charge on any atom is -0.311 e. The van der Waals surface area contributed by atoms with Crippen LogP contribution in [-0.2, 0) is 11.3 Å². The molecule has 1 aromatic heterocycles. The van der Waals surface area contributed by atoms with E-state index in [1.807, 2.05) is 34.4 Å². The maximum atomic E-state index is 12.7. The second-order valence-electron chi connectivity index (χ2n) is 7.30. The number of rotatable bonds is 7. The summed E-state index contributed by atoms with van der Waals surface area (Å²) < 4.78 is 0. The van der Waals surface area contributed by atoms with Gasteiger partial charge in [0.1, 0.15) is 0 Å². The first-order valence-electron chi connectivity index (χ1n) is 9.63. The highest BCUT2D eigenvalue weighted by Gasteiger charge is 2.34. The molecule has 5 heteroatoms. The molecule has 0 bridgehead atoms. The number of carbonyl (C=O) groups is 1. The molecule has 4 nitrogen and oxygen atoms in total. The van der Waals surface area contributed by atoms with Crippen molar-refractivity contribution in [1.82, 2.24) is 9.80 Å². The number of para-hydroxylation sites is 1. The summed E-state index contributed by atoms with van der Waals surface area (Å²) in [6, 6.07) is 14.5. The van der Waals surface area contributed by atoms with Crippen LogP contribution in [0.2, 0.25) is 0 Å². The van der Waals surface area contributed by atoms with Crippen LogP contribution in [-0.4, -0.2) is 55.0 Å². The van der Waals surface area contributed by atoms with Gasteiger partial charge in [-0.2, -0.15) is 0 Å².